The van der Waals surface area contributed by atoms with Gasteiger partial charge in [0, 0.05) is 23.7 Å². The highest BCUT2D eigenvalue weighted by Gasteiger charge is 2.43. The van der Waals surface area contributed by atoms with E-state index in [2.05, 4.69) is 10.6 Å². The van der Waals surface area contributed by atoms with Crippen molar-refractivity contribution in [2.75, 3.05) is 11.9 Å². The molecule has 0 aromatic heterocycles. The Morgan fingerprint density at radius 3 is 2.48 bits per heavy atom. The third kappa shape index (κ3) is 4.73. The van der Waals surface area contributed by atoms with Crippen LogP contribution in [-0.2, 0) is 4.79 Å². The number of hydrogen-bond donors (Lipinski definition) is 2. The van der Waals surface area contributed by atoms with E-state index in [9.17, 15) is 14.0 Å². The Bertz CT molecular complexity index is 846. The molecule has 2 aromatic carbocycles. The number of hydrogen-bond acceptors (Lipinski definition) is 2. The highest BCUT2D eigenvalue weighted by molar-refractivity contribution is 5.98. The highest BCUT2D eigenvalue weighted by Crippen LogP contribution is 2.48. The van der Waals surface area contributed by atoms with E-state index >= 15 is 0 Å². The lowest BCUT2D eigenvalue weighted by atomic mass is 10.1. The van der Waals surface area contributed by atoms with Gasteiger partial charge in [-0.15, -0.1) is 0 Å². The molecule has 1 saturated carbocycles. The average Bonchev–Trinajstić information content (AvgIpc) is 3.42. The molecule has 1 aliphatic carbocycles. The summed E-state index contributed by atoms with van der Waals surface area (Å²) >= 11 is 0. The Labute approximate surface area is 159 Å². The van der Waals surface area contributed by atoms with Crippen molar-refractivity contribution in [3.63, 3.8) is 0 Å². The Morgan fingerprint density at radius 1 is 1.15 bits per heavy atom. The van der Waals surface area contributed by atoms with Crippen molar-refractivity contribution in [1.29, 1.82) is 0 Å². The van der Waals surface area contributed by atoms with Crippen LogP contribution in [0.15, 0.2) is 42.5 Å². The first-order valence-electron chi connectivity index (χ1n) is 9.30. The third-order valence-electron chi connectivity index (χ3n) is 4.84. The fourth-order valence-electron chi connectivity index (χ4n) is 3.13. The zero-order chi connectivity index (χ0) is 19.6. The first kappa shape index (κ1) is 19.1. The van der Waals surface area contributed by atoms with Crippen LogP contribution in [0.4, 0.5) is 10.1 Å². The van der Waals surface area contributed by atoms with Gasteiger partial charge in [0.2, 0.25) is 5.91 Å². The summed E-state index contributed by atoms with van der Waals surface area (Å²) in [5.74, 6) is 0.0262. The van der Waals surface area contributed by atoms with Crippen LogP contribution in [0, 0.1) is 24.6 Å². The van der Waals surface area contributed by atoms with Gasteiger partial charge in [-0.2, -0.15) is 0 Å². The lowest BCUT2D eigenvalue weighted by Gasteiger charge is -2.11. The van der Waals surface area contributed by atoms with Gasteiger partial charge in [-0.3, -0.25) is 9.59 Å². The van der Waals surface area contributed by atoms with Crippen LogP contribution < -0.4 is 10.6 Å². The fourth-order valence-corrected chi connectivity index (χ4v) is 3.13. The number of anilines is 1. The number of rotatable bonds is 6. The van der Waals surface area contributed by atoms with Crippen LogP contribution >= 0.6 is 0 Å². The number of benzene rings is 2. The lowest BCUT2D eigenvalue weighted by molar-refractivity contribution is -0.117. The van der Waals surface area contributed by atoms with Gasteiger partial charge in [0.15, 0.2) is 0 Å². The topological polar surface area (TPSA) is 58.2 Å². The highest BCUT2D eigenvalue weighted by atomic mass is 19.1. The van der Waals surface area contributed by atoms with E-state index < -0.39 is 0 Å². The Balaban J connectivity index is 1.60. The van der Waals surface area contributed by atoms with Crippen LogP contribution in [0.5, 0.6) is 0 Å². The van der Waals surface area contributed by atoms with E-state index in [1.165, 1.54) is 12.1 Å². The minimum Gasteiger partial charge on any atom is -0.352 e. The van der Waals surface area contributed by atoms with Crippen molar-refractivity contribution in [2.45, 2.75) is 33.1 Å². The second kappa shape index (κ2) is 7.91. The van der Waals surface area contributed by atoms with Gasteiger partial charge in [-0.1, -0.05) is 26.0 Å². The van der Waals surface area contributed by atoms with E-state index in [-0.39, 0.29) is 29.5 Å². The molecule has 1 fully saturated rings. The average molecular weight is 368 g/mol. The molecule has 3 rings (SSSR count). The Hall–Kier alpha value is -2.69. The molecule has 5 heteroatoms. The molecule has 27 heavy (non-hydrogen) atoms. The maximum atomic E-state index is 13.0. The van der Waals surface area contributed by atoms with E-state index in [1.807, 2.05) is 20.8 Å². The van der Waals surface area contributed by atoms with Gasteiger partial charge < -0.3 is 10.6 Å². The van der Waals surface area contributed by atoms with Crippen LogP contribution in [0.1, 0.15) is 47.7 Å². The summed E-state index contributed by atoms with van der Waals surface area (Å²) in [5, 5.41) is 5.84. The molecular formula is C22H25FN2O2. The van der Waals surface area contributed by atoms with E-state index in [1.54, 1.807) is 30.3 Å². The maximum Gasteiger partial charge on any atom is 0.251 e. The van der Waals surface area contributed by atoms with Crippen molar-refractivity contribution in [2.24, 2.45) is 11.8 Å². The van der Waals surface area contributed by atoms with Crippen molar-refractivity contribution in [3.05, 3.63) is 65.0 Å². The number of halogens is 1. The number of carbonyl (C=O) groups is 2. The minimum atomic E-state index is -0.270. The Morgan fingerprint density at radius 2 is 1.85 bits per heavy atom. The summed E-state index contributed by atoms with van der Waals surface area (Å²) in [6.45, 7) is 6.59. The van der Waals surface area contributed by atoms with E-state index in [0.717, 1.165) is 17.5 Å². The molecule has 2 aromatic rings. The SMILES string of the molecule is Cc1cc(C(=O)NCC(C)C)ccc1NC(=O)C1CC1c1ccc(F)cc1. The summed E-state index contributed by atoms with van der Waals surface area (Å²) in [4.78, 5) is 24.7. The normalized spacial score (nSPS) is 18.3. The van der Waals surface area contributed by atoms with Crippen LogP contribution in [-0.4, -0.2) is 18.4 Å². The third-order valence-corrected chi connectivity index (χ3v) is 4.84. The molecule has 0 spiro atoms. The largest absolute Gasteiger partial charge is 0.352 e. The van der Waals surface area contributed by atoms with Crippen LogP contribution in [0.25, 0.3) is 0 Å². The predicted molar refractivity (Wildman–Crippen MR) is 104 cm³/mol. The fraction of sp³-hybridized carbons (Fsp3) is 0.364. The van der Waals surface area contributed by atoms with Gasteiger partial charge in [-0.05, 0) is 66.6 Å². The second-order valence-electron chi connectivity index (χ2n) is 7.62. The molecule has 2 amide bonds. The summed E-state index contributed by atoms with van der Waals surface area (Å²) in [6, 6.07) is 11.6. The van der Waals surface area contributed by atoms with Crippen molar-refractivity contribution < 1.29 is 14.0 Å². The van der Waals surface area contributed by atoms with E-state index in [0.29, 0.717) is 23.7 Å². The zero-order valence-electron chi connectivity index (χ0n) is 15.9. The monoisotopic (exact) mass is 368 g/mol. The molecule has 1 aliphatic rings. The summed E-state index contributed by atoms with van der Waals surface area (Å²) in [6.07, 6.45) is 0.770. The number of aryl methyl sites for hydroxylation is 1. The van der Waals surface area contributed by atoms with Gasteiger partial charge in [0.25, 0.3) is 5.91 Å². The molecule has 2 N–H and O–H groups in total. The zero-order valence-corrected chi connectivity index (χ0v) is 15.9. The molecule has 0 heterocycles. The van der Waals surface area contributed by atoms with Gasteiger partial charge in [-0.25, -0.2) is 4.39 Å². The number of amides is 2. The Kier molecular flexibility index (Phi) is 5.59. The van der Waals surface area contributed by atoms with Gasteiger partial charge in [0.05, 0.1) is 0 Å². The molecule has 2 unspecified atom stereocenters. The lowest BCUT2D eigenvalue weighted by Crippen LogP contribution is -2.27. The molecule has 0 saturated heterocycles. The van der Waals surface area contributed by atoms with Crippen molar-refractivity contribution >= 4 is 17.5 Å². The summed E-state index contributed by atoms with van der Waals surface area (Å²) in [5.41, 5.74) is 3.14. The van der Waals surface area contributed by atoms with Crippen molar-refractivity contribution in [3.8, 4) is 0 Å². The predicted octanol–water partition coefficient (Wildman–Crippen LogP) is 4.26. The van der Waals surface area contributed by atoms with Gasteiger partial charge >= 0.3 is 0 Å². The summed E-state index contributed by atoms with van der Waals surface area (Å²) < 4.78 is 13.0. The smallest absolute Gasteiger partial charge is 0.251 e. The van der Waals surface area contributed by atoms with Crippen LogP contribution in [0.2, 0.25) is 0 Å². The van der Waals surface area contributed by atoms with Gasteiger partial charge in [0.1, 0.15) is 5.82 Å². The quantitative estimate of drug-likeness (QED) is 0.800. The van der Waals surface area contributed by atoms with Crippen molar-refractivity contribution in [1.82, 2.24) is 5.32 Å². The summed E-state index contributed by atoms with van der Waals surface area (Å²) in [7, 11) is 0. The first-order chi connectivity index (χ1) is 12.8. The van der Waals surface area contributed by atoms with Crippen LogP contribution in [0.3, 0.4) is 0 Å². The second-order valence-corrected chi connectivity index (χ2v) is 7.62. The molecule has 0 radical (unpaired) electrons. The number of carbonyl (C=O) groups excluding carboxylic acids is 2. The minimum absolute atomic E-state index is 0.0376. The molecular weight excluding hydrogens is 343 g/mol. The van der Waals surface area contributed by atoms with E-state index in [4.69, 9.17) is 0 Å². The molecule has 0 bridgehead atoms. The molecule has 4 nitrogen and oxygen atoms in total. The standard InChI is InChI=1S/C22H25FN2O2/c1-13(2)12-24-21(26)16-6-9-20(14(3)10-16)25-22(27)19-11-18(19)15-4-7-17(23)8-5-15/h4-10,13,18-19H,11-12H2,1-3H3,(H,24,26)(H,25,27). The molecule has 142 valence electrons. The first-order valence-corrected chi connectivity index (χ1v) is 9.30. The molecule has 0 aliphatic heterocycles. The maximum absolute atomic E-state index is 13.0. The number of nitrogens with one attached hydrogen (secondary N) is 2. The molecule has 2 atom stereocenters.